The summed E-state index contributed by atoms with van der Waals surface area (Å²) in [6.07, 6.45) is 3.55. The highest BCUT2D eigenvalue weighted by Gasteiger charge is 2.37. The number of nitrogens with zero attached hydrogens (tertiary/aromatic N) is 3. The van der Waals surface area contributed by atoms with Gasteiger partial charge in [0, 0.05) is 39.3 Å². The first-order chi connectivity index (χ1) is 8.85. The molecule has 0 aromatic carbocycles. The molecule has 1 amide bonds. The largest absolute Gasteiger partial charge is 0.347 e. The molecule has 0 N–H and O–H groups in total. The molecule has 112 valence electrons. The summed E-state index contributed by atoms with van der Waals surface area (Å²) in [6.45, 7) is 9.75. The van der Waals surface area contributed by atoms with Crippen LogP contribution >= 0.6 is 0 Å². The highest BCUT2D eigenvalue weighted by molar-refractivity contribution is 5.81. The van der Waals surface area contributed by atoms with Crippen LogP contribution in [0.25, 0.3) is 0 Å². The molecule has 1 fully saturated rings. The molecule has 1 aliphatic rings. The topological polar surface area (TPSA) is 26.8 Å². The zero-order valence-corrected chi connectivity index (χ0v) is 13.6. The number of likely N-dealkylation sites (N-methyl/N-ethyl adjacent to an activating group) is 2. The number of piperazine rings is 1. The molecule has 1 saturated heterocycles. The number of rotatable bonds is 5. The van der Waals surface area contributed by atoms with Crippen molar-refractivity contribution in [1.29, 1.82) is 0 Å². The van der Waals surface area contributed by atoms with Crippen LogP contribution in [0.5, 0.6) is 0 Å². The second kappa shape index (κ2) is 6.71. The Morgan fingerprint density at radius 2 is 1.95 bits per heavy atom. The van der Waals surface area contributed by atoms with Gasteiger partial charge in [-0.1, -0.05) is 20.3 Å². The number of hydrogen-bond acceptors (Lipinski definition) is 3. The van der Waals surface area contributed by atoms with Crippen molar-refractivity contribution < 1.29 is 4.79 Å². The lowest BCUT2D eigenvalue weighted by Crippen LogP contribution is -2.62. The summed E-state index contributed by atoms with van der Waals surface area (Å²) < 4.78 is 0. The Labute approximate surface area is 118 Å². The van der Waals surface area contributed by atoms with E-state index in [1.54, 1.807) is 4.90 Å². The van der Waals surface area contributed by atoms with Gasteiger partial charge in [0.2, 0.25) is 5.91 Å². The fourth-order valence-corrected chi connectivity index (χ4v) is 3.03. The summed E-state index contributed by atoms with van der Waals surface area (Å²) in [4.78, 5) is 18.7. The lowest BCUT2D eigenvalue weighted by molar-refractivity contribution is -0.137. The summed E-state index contributed by atoms with van der Waals surface area (Å²) in [5.41, 5.74) is 0.237. The van der Waals surface area contributed by atoms with Crippen LogP contribution in [0.4, 0.5) is 0 Å². The van der Waals surface area contributed by atoms with Gasteiger partial charge in [-0.2, -0.15) is 0 Å². The molecule has 0 bridgehead atoms. The molecule has 1 aliphatic heterocycles. The van der Waals surface area contributed by atoms with E-state index >= 15 is 0 Å². The minimum atomic E-state index is 0.00600. The van der Waals surface area contributed by atoms with Gasteiger partial charge in [-0.25, -0.2) is 0 Å². The van der Waals surface area contributed by atoms with E-state index in [1.807, 2.05) is 14.1 Å². The molecule has 4 nitrogen and oxygen atoms in total. The van der Waals surface area contributed by atoms with E-state index in [9.17, 15) is 4.79 Å². The maximum atomic E-state index is 12.3. The van der Waals surface area contributed by atoms with E-state index in [4.69, 9.17) is 0 Å². The van der Waals surface area contributed by atoms with Crippen LogP contribution < -0.4 is 0 Å². The van der Waals surface area contributed by atoms with Crippen molar-refractivity contribution >= 4 is 5.91 Å². The van der Waals surface area contributed by atoms with Crippen LogP contribution in [0.3, 0.4) is 0 Å². The average Bonchev–Trinajstić information content (AvgIpc) is 2.38. The summed E-state index contributed by atoms with van der Waals surface area (Å²) in [5.74, 6) is 0.224. The molecule has 0 aromatic heterocycles. The predicted octanol–water partition coefficient (Wildman–Crippen LogP) is 1.66. The molecule has 0 aliphatic carbocycles. The minimum absolute atomic E-state index is 0.00600. The second-order valence-corrected chi connectivity index (χ2v) is 6.28. The Bertz CT molecular complexity index is 306. The van der Waals surface area contributed by atoms with Gasteiger partial charge >= 0.3 is 0 Å². The van der Waals surface area contributed by atoms with Crippen LogP contribution in [0.15, 0.2) is 0 Å². The molecule has 0 spiro atoms. The molecule has 2 atom stereocenters. The summed E-state index contributed by atoms with van der Waals surface area (Å²) >= 11 is 0. The first-order valence-electron chi connectivity index (χ1n) is 7.52. The van der Waals surface area contributed by atoms with Gasteiger partial charge in [0.25, 0.3) is 0 Å². The van der Waals surface area contributed by atoms with Gasteiger partial charge in [0.05, 0.1) is 0 Å². The Balaban J connectivity index is 2.81. The van der Waals surface area contributed by atoms with E-state index in [0.29, 0.717) is 0 Å². The van der Waals surface area contributed by atoms with Gasteiger partial charge in [0.1, 0.15) is 6.04 Å². The maximum Gasteiger partial charge on any atom is 0.240 e. The summed E-state index contributed by atoms with van der Waals surface area (Å²) in [7, 11) is 5.76. The fraction of sp³-hybridized carbons (Fsp3) is 0.933. The molecule has 0 saturated carbocycles. The smallest absolute Gasteiger partial charge is 0.240 e. The number of amides is 1. The van der Waals surface area contributed by atoms with Crippen LogP contribution in [0.1, 0.15) is 40.0 Å². The molecule has 0 aromatic rings. The van der Waals surface area contributed by atoms with E-state index in [-0.39, 0.29) is 17.5 Å². The Morgan fingerprint density at radius 3 is 2.42 bits per heavy atom. The average molecular weight is 269 g/mol. The zero-order valence-electron chi connectivity index (χ0n) is 13.6. The molecule has 2 unspecified atom stereocenters. The normalized spacial score (nSPS) is 25.1. The highest BCUT2D eigenvalue weighted by atomic mass is 16.2. The third-order valence-electron chi connectivity index (χ3n) is 4.69. The molecule has 0 radical (unpaired) electrons. The van der Waals surface area contributed by atoms with Gasteiger partial charge in [-0.05, 0) is 26.8 Å². The Morgan fingerprint density at radius 1 is 1.32 bits per heavy atom. The third kappa shape index (κ3) is 3.69. The molecular formula is C15H31N3O. The second-order valence-electron chi connectivity index (χ2n) is 6.28. The van der Waals surface area contributed by atoms with Crippen LogP contribution in [-0.2, 0) is 4.79 Å². The number of carbonyl (C=O) groups is 1. The monoisotopic (exact) mass is 269 g/mol. The maximum absolute atomic E-state index is 12.3. The zero-order chi connectivity index (χ0) is 14.6. The number of hydrogen-bond donors (Lipinski definition) is 0. The molecular weight excluding hydrogens is 238 g/mol. The standard InChI is InChI=1S/C15H31N3O/c1-7-9-15(3,8-2)18-11-10-17(6)13(12-18)14(19)16(4)5/h13H,7-12H2,1-6H3. The fourth-order valence-electron chi connectivity index (χ4n) is 3.03. The Kier molecular flexibility index (Phi) is 5.81. The first-order valence-corrected chi connectivity index (χ1v) is 7.52. The van der Waals surface area contributed by atoms with Gasteiger partial charge in [-0.15, -0.1) is 0 Å². The quantitative estimate of drug-likeness (QED) is 0.759. The van der Waals surface area contributed by atoms with Crippen LogP contribution in [0, 0.1) is 0 Å². The molecule has 19 heavy (non-hydrogen) atoms. The lowest BCUT2D eigenvalue weighted by Gasteiger charge is -2.48. The van der Waals surface area contributed by atoms with E-state index in [1.165, 1.54) is 12.8 Å². The van der Waals surface area contributed by atoms with Gasteiger partial charge in [-0.3, -0.25) is 14.6 Å². The SMILES string of the molecule is CCCC(C)(CC)N1CCN(C)C(C(=O)N(C)C)C1. The van der Waals surface area contributed by atoms with Crippen molar-refractivity contribution in [3.63, 3.8) is 0 Å². The van der Waals surface area contributed by atoms with Crippen molar-refractivity contribution in [2.45, 2.75) is 51.6 Å². The third-order valence-corrected chi connectivity index (χ3v) is 4.69. The van der Waals surface area contributed by atoms with E-state index in [0.717, 1.165) is 26.1 Å². The summed E-state index contributed by atoms with van der Waals surface area (Å²) in [5, 5.41) is 0. The van der Waals surface area contributed by atoms with Crippen molar-refractivity contribution in [3.05, 3.63) is 0 Å². The van der Waals surface area contributed by atoms with Crippen LogP contribution in [-0.4, -0.2) is 73.0 Å². The van der Waals surface area contributed by atoms with E-state index < -0.39 is 0 Å². The minimum Gasteiger partial charge on any atom is -0.347 e. The van der Waals surface area contributed by atoms with Crippen molar-refractivity contribution in [3.8, 4) is 0 Å². The van der Waals surface area contributed by atoms with Crippen molar-refractivity contribution in [1.82, 2.24) is 14.7 Å². The highest BCUT2D eigenvalue weighted by Crippen LogP contribution is 2.27. The van der Waals surface area contributed by atoms with Crippen molar-refractivity contribution in [2.75, 3.05) is 40.8 Å². The molecule has 4 heteroatoms. The number of carbonyl (C=O) groups excluding carboxylic acids is 1. The van der Waals surface area contributed by atoms with Gasteiger partial charge < -0.3 is 4.90 Å². The van der Waals surface area contributed by atoms with Crippen LogP contribution in [0.2, 0.25) is 0 Å². The predicted molar refractivity (Wildman–Crippen MR) is 80.3 cm³/mol. The Hall–Kier alpha value is -0.610. The lowest BCUT2D eigenvalue weighted by atomic mass is 9.89. The van der Waals surface area contributed by atoms with Crippen molar-refractivity contribution in [2.24, 2.45) is 0 Å². The van der Waals surface area contributed by atoms with E-state index in [2.05, 4.69) is 37.6 Å². The van der Waals surface area contributed by atoms with Gasteiger partial charge in [0.15, 0.2) is 0 Å². The first kappa shape index (κ1) is 16.4. The molecule has 1 rings (SSSR count). The summed E-state index contributed by atoms with van der Waals surface area (Å²) in [6, 6.07) is 0.00600. The molecule has 1 heterocycles.